The van der Waals surface area contributed by atoms with Gasteiger partial charge in [-0.3, -0.25) is 4.79 Å². The summed E-state index contributed by atoms with van der Waals surface area (Å²) >= 11 is 0. The quantitative estimate of drug-likeness (QED) is 0.782. The number of aryl methyl sites for hydroxylation is 1. The molecule has 0 aliphatic carbocycles. The van der Waals surface area contributed by atoms with E-state index >= 15 is 0 Å². The average Bonchev–Trinajstić information content (AvgIpc) is 2.45. The summed E-state index contributed by atoms with van der Waals surface area (Å²) in [5.41, 5.74) is -0.366. The van der Waals surface area contributed by atoms with Gasteiger partial charge in [0, 0.05) is 12.3 Å². The van der Waals surface area contributed by atoms with Crippen molar-refractivity contribution in [2.45, 2.75) is 34.2 Å². The van der Waals surface area contributed by atoms with Crippen molar-refractivity contribution in [1.82, 2.24) is 10.3 Å². The van der Waals surface area contributed by atoms with Crippen LogP contribution in [0, 0.1) is 12.3 Å². The average molecular weight is 196 g/mol. The van der Waals surface area contributed by atoms with E-state index in [4.69, 9.17) is 4.42 Å². The van der Waals surface area contributed by atoms with Crippen molar-refractivity contribution >= 4 is 5.91 Å². The Balaban J connectivity index is 2.46. The zero-order valence-electron chi connectivity index (χ0n) is 9.05. The van der Waals surface area contributed by atoms with Crippen molar-refractivity contribution in [1.29, 1.82) is 0 Å². The molecule has 4 heteroatoms. The Morgan fingerprint density at radius 2 is 2.21 bits per heavy atom. The third-order valence-corrected chi connectivity index (χ3v) is 1.77. The maximum Gasteiger partial charge on any atom is 0.225 e. The highest BCUT2D eigenvalue weighted by Crippen LogP contribution is 2.13. The molecule has 0 radical (unpaired) electrons. The first-order chi connectivity index (χ1) is 6.39. The van der Waals surface area contributed by atoms with Crippen LogP contribution < -0.4 is 5.32 Å². The first kappa shape index (κ1) is 10.8. The molecule has 0 saturated heterocycles. The van der Waals surface area contributed by atoms with Crippen LogP contribution >= 0.6 is 0 Å². The minimum Gasteiger partial charge on any atom is -0.444 e. The van der Waals surface area contributed by atoms with Crippen LogP contribution in [0.15, 0.2) is 10.6 Å². The maximum atomic E-state index is 11.5. The molecule has 1 aromatic heterocycles. The number of hydrogen-bond donors (Lipinski definition) is 1. The lowest BCUT2D eigenvalue weighted by atomic mass is 9.96. The second-order valence-corrected chi connectivity index (χ2v) is 4.28. The minimum absolute atomic E-state index is 0.00607. The summed E-state index contributed by atoms with van der Waals surface area (Å²) in [5.74, 6) is 1.30. The summed E-state index contributed by atoms with van der Waals surface area (Å²) in [5, 5.41) is 2.78. The molecule has 0 aliphatic heterocycles. The highest BCUT2D eigenvalue weighted by atomic mass is 16.4. The van der Waals surface area contributed by atoms with E-state index in [9.17, 15) is 4.79 Å². The van der Waals surface area contributed by atoms with Crippen LogP contribution in [0.5, 0.6) is 0 Å². The summed E-state index contributed by atoms with van der Waals surface area (Å²) < 4.78 is 5.22. The van der Waals surface area contributed by atoms with Gasteiger partial charge in [-0.1, -0.05) is 20.8 Å². The van der Waals surface area contributed by atoms with Crippen LogP contribution in [0.2, 0.25) is 0 Å². The third kappa shape index (κ3) is 2.87. The van der Waals surface area contributed by atoms with Crippen LogP contribution in [0.1, 0.15) is 32.4 Å². The Hall–Kier alpha value is -1.32. The first-order valence-corrected chi connectivity index (χ1v) is 4.59. The molecule has 4 nitrogen and oxygen atoms in total. The summed E-state index contributed by atoms with van der Waals surface area (Å²) in [7, 11) is 0. The number of carbonyl (C=O) groups excluding carboxylic acids is 1. The van der Waals surface area contributed by atoms with E-state index in [0.29, 0.717) is 18.2 Å². The van der Waals surface area contributed by atoms with Gasteiger partial charge in [0.2, 0.25) is 5.91 Å². The van der Waals surface area contributed by atoms with Crippen molar-refractivity contribution in [3.63, 3.8) is 0 Å². The molecule has 0 bridgehead atoms. The minimum atomic E-state index is -0.366. The van der Waals surface area contributed by atoms with Crippen molar-refractivity contribution in [2.24, 2.45) is 5.41 Å². The number of carbonyl (C=O) groups is 1. The molecule has 0 saturated carbocycles. The number of amides is 1. The lowest BCUT2D eigenvalue weighted by Crippen LogP contribution is -2.34. The van der Waals surface area contributed by atoms with Crippen LogP contribution in [0.25, 0.3) is 0 Å². The monoisotopic (exact) mass is 196 g/mol. The molecule has 0 spiro atoms. The van der Waals surface area contributed by atoms with Gasteiger partial charge in [-0.05, 0) is 0 Å². The predicted octanol–water partition coefficient (Wildman–Crippen LogP) is 1.65. The molecule has 1 heterocycles. The van der Waals surface area contributed by atoms with Gasteiger partial charge in [-0.25, -0.2) is 4.98 Å². The summed E-state index contributed by atoms with van der Waals surface area (Å²) in [4.78, 5) is 15.4. The molecule has 0 atom stereocenters. The molecule has 0 aromatic carbocycles. The first-order valence-electron chi connectivity index (χ1n) is 4.59. The standard InChI is InChI=1S/C10H16N2O2/c1-7-11-5-8(14-7)6-12-9(13)10(2,3)4/h5H,6H2,1-4H3,(H,12,13). The summed E-state index contributed by atoms with van der Waals surface area (Å²) in [6.45, 7) is 7.78. The van der Waals surface area contributed by atoms with Gasteiger partial charge in [0.05, 0.1) is 12.7 Å². The lowest BCUT2D eigenvalue weighted by molar-refractivity contribution is -0.128. The smallest absolute Gasteiger partial charge is 0.225 e. The lowest BCUT2D eigenvalue weighted by Gasteiger charge is -2.16. The van der Waals surface area contributed by atoms with Gasteiger partial charge in [0.25, 0.3) is 0 Å². The fraction of sp³-hybridized carbons (Fsp3) is 0.600. The molecule has 1 aromatic rings. The number of nitrogens with one attached hydrogen (secondary N) is 1. The Labute approximate surface area is 83.7 Å². The second kappa shape index (κ2) is 3.82. The van der Waals surface area contributed by atoms with Crippen LogP contribution in [-0.2, 0) is 11.3 Å². The predicted molar refractivity (Wildman–Crippen MR) is 52.5 cm³/mol. The zero-order valence-corrected chi connectivity index (χ0v) is 9.05. The maximum absolute atomic E-state index is 11.5. The molecule has 0 unspecified atom stereocenters. The summed E-state index contributed by atoms with van der Waals surface area (Å²) in [6.07, 6.45) is 1.62. The molecule has 0 fully saturated rings. The van der Waals surface area contributed by atoms with Crippen molar-refractivity contribution in [3.8, 4) is 0 Å². The van der Waals surface area contributed by atoms with Crippen molar-refractivity contribution in [3.05, 3.63) is 17.8 Å². The molecule has 78 valence electrons. The Kier molecular flexibility index (Phi) is 2.93. The molecule has 1 rings (SSSR count). The fourth-order valence-electron chi connectivity index (χ4n) is 0.920. The molecular formula is C10H16N2O2. The largest absolute Gasteiger partial charge is 0.444 e. The van der Waals surface area contributed by atoms with Crippen LogP contribution in [0.4, 0.5) is 0 Å². The second-order valence-electron chi connectivity index (χ2n) is 4.28. The third-order valence-electron chi connectivity index (χ3n) is 1.77. The fourth-order valence-corrected chi connectivity index (χ4v) is 0.920. The van der Waals surface area contributed by atoms with Gasteiger partial charge in [-0.2, -0.15) is 0 Å². The number of hydrogen-bond acceptors (Lipinski definition) is 3. The van der Waals surface area contributed by atoms with E-state index < -0.39 is 0 Å². The molecule has 14 heavy (non-hydrogen) atoms. The topological polar surface area (TPSA) is 55.1 Å². The highest BCUT2D eigenvalue weighted by Gasteiger charge is 2.20. The summed E-state index contributed by atoms with van der Waals surface area (Å²) in [6, 6.07) is 0. The number of oxazole rings is 1. The Morgan fingerprint density at radius 3 is 2.64 bits per heavy atom. The van der Waals surface area contributed by atoms with E-state index in [1.54, 1.807) is 13.1 Å². The van der Waals surface area contributed by atoms with E-state index in [1.807, 2.05) is 20.8 Å². The molecule has 1 N–H and O–H groups in total. The Bertz CT molecular complexity index is 323. The molecule has 1 amide bonds. The van der Waals surface area contributed by atoms with E-state index in [-0.39, 0.29) is 11.3 Å². The van der Waals surface area contributed by atoms with Crippen molar-refractivity contribution < 1.29 is 9.21 Å². The number of rotatable bonds is 2. The van der Waals surface area contributed by atoms with E-state index in [0.717, 1.165) is 0 Å². The van der Waals surface area contributed by atoms with Crippen molar-refractivity contribution in [2.75, 3.05) is 0 Å². The highest BCUT2D eigenvalue weighted by molar-refractivity contribution is 5.81. The van der Waals surface area contributed by atoms with Gasteiger partial charge >= 0.3 is 0 Å². The SMILES string of the molecule is Cc1ncc(CNC(=O)C(C)(C)C)o1. The Morgan fingerprint density at radius 1 is 1.57 bits per heavy atom. The van der Waals surface area contributed by atoms with E-state index in [2.05, 4.69) is 10.3 Å². The van der Waals surface area contributed by atoms with Gasteiger partial charge < -0.3 is 9.73 Å². The van der Waals surface area contributed by atoms with E-state index in [1.165, 1.54) is 0 Å². The van der Waals surface area contributed by atoms with Crippen LogP contribution in [-0.4, -0.2) is 10.9 Å². The number of aromatic nitrogens is 1. The molecular weight excluding hydrogens is 180 g/mol. The van der Waals surface area contributed by atoms with Gasteiger partial charge in [-0.15, -0.1) is 0 Å². The zero-order chi connectivity index (χ0) is 10.8. The molecule has 0 aliphatic rings. The number of nitrogens with zero attached hydrogens (tertiary/aromatic N) is 1. The van der Waals surface area contributed by atoms with Crippen LogP contribution in [0.3, 0.4) is 0 Å². The normalized spacial score (nSPS) is 11.4. The van der Waals surface area contributed by atoms with Gasteiger partial charge in [0.15, 0.2) is 5.89 Å². The van der Waals surface area contributed by atoms with Gasteiger partial charge in [0.1, 0.15) is 5.76 Å².